The molecule has 2 aliphatic heterocycles. The summed E-state index contributed by atoms with van der Waals surface area (Å²) in [4.78, 5) is 23.8. The Bertz CT molecular complexity index is 728. The van der Waals surface area contributed by atoms with E-state index in [1.807, 2.05) is 36.1 Å². The monoisotopic (exact) mass is 431 g/mol. The van der Waals surface area contributed by atoms with Crippen molar-refractivity contribution < 1.29 is 14.3 Å². The summed E-state index contributed by atoms with van der Waals surface area (Å²) in [5, 5.41) is 3.40. The number of rotatable bonds is 8. The van der Waals surface area contributed by atoms with E-state index in [1.165, 1.54) is 0 Å². The highest BCUT2D eigenvalue weighted by molar-refractivity contribution is 5.80. The maximum atomic E-state index is 12.4. The van der Waals surface area contributed by atoms with Crippen molar-refractivity contribution in [2.75, 3.05) is 66.0 Å². The van der Waals surface area contributed by atoms with Crippen LogP contribution in [0.15, 0.2) is 29.3 Å². The predicted octanol–water partition coefficient (Wildman–Crippen LogP) is 1.67. The van der Waals surface area contributed by atoms with Crippen molar-refractivity contribution in [3.05, 3.63) is 24.3 Å². The molecule has 172 valence electrons. The quantitative estimate of drug-likeness (QED) is 0.499. The van der Waals surface area contributed by atoms with Crippen LogP contribution in [0.3, 0.4) is 0 Å². The number of nitrogens with zero attached hydrogens (tertiary/aromatic N) is 4. The standard InChI is InChI=1S/C23H37N5O3/c1-4-24-23(25-17-19(2)31-21-9-7-8-20(16-21)30-3)28-14-12-26(13-15-28)18-22(29)27-10-5-6-11-27/h7-9,16,19H,4-6,10-15,17-18H2,1-3H3,(H,24,25). The van der Waals surface area contributed by atoms with E-state index in [0.717, 1.165) is 76.1 Å². The molecule has 1 N–H and O–H groups in total. The lowest BCUT2D eigenvalue weighted by Gasteiger charge is -2.36. The minimum atomic E-state index is -0.0554. The molecule has 2 saturated heterocycles. The highest BCUT2D eigenvalue weighted by Crippen LogP contribution is 2.20. The second-order valence-corrected chi connectivity index (χ2v) is 8.15. The van der Waals surface area contributed by atoms with Crippen molar-refractivity contribution >= 4 is 11.9 Å². The molecule has 1 aromatic carbocycles. The zero-order valence-electron chi connectivity index (χ0n) is 19.2. The van der Waals surface area contributed by atoms with Crippen LogP contribution in [-0.4, -0.2) is 98.7 Å². The molecule has 1 amide bonds. The number of piperazine rings is 1. The molecule has 3 rings (SSSR count). The molecule has 8 nitrogen and oxygen atoms in total. The number of likely N-dealkylation sites (tertiary alicyclic amines) is 1. The molecular formula is C23H37N5O3. The van der Waals surface area contributed by atoms with Crippen LogP contribution in [-0.2, 0) is 4.79 Å². The Kier molecular flexibility index (Phi) is 8.82. The number of methoxy groups -OCH3 is 1. The molecule has 1 aromatic rings. The molecule has 8 heteroatoms. The number of benzene rings is 1. The van der Waals surface area contributed by atoms with Crippen LogP contribution in [0, 0.1) is 0 Å². The van der Waals surface area contributed by atoms with Crippen molar-refractivity contribution in [2.45, 2.75) is 32.8 Å². The number of carbonyl (C=O) groups is 1. The number of hydrogen-bond acceptors (Lipinski definition) is 5. The fourth-order valence-electron chi connectivity index (χ4n) is 3.96. The number of ether oxygens (including phenoxy) is 2. The van der Waals surface area contributed by atoms with Gasteiger partial charge in [-0.25, -0.2) is 4.99 Å². The molecule has 0 aromatic heterocycles. The van der Waals surface area contributed by atoms with Crippen LogP contribution < -0.4 is 14.8 Å². The number of hydrogen-bond donors (Lipinski definition) is 1. The van der Waals surface area contributed by atoms with Crippen LogP contribution in [0.2, 0.25) is 0 Å². The third-order valence-corrected chi connectivity index (χ3v) is 5.70. The average molecular weight is 432 g/mol. The second kappa shape index (κ2) is 11.8. The minimum absolute atomic E-state index is 0.0554. The Balaban J connectivity index is 1.48. The van der Waals surface area contributed by atoms with Gasteiger partial charge in [0.1, 0.15) is 17.6 Å². The molecular weight excluding hydrogens is 394 g/mol. The summed E-state index contributed by atoms with van der Waals surface area (Å²) < 4.78 is 11.3. The van der Waals surface area contributed by atoms with Gasteiger partial charge in [0.05, 0.1) is 20.2 Å². The summed E-state index contributed by atoms with van der Waals surface area (Å²) in [6.45, 7) is 11.3. The van der Waals surface area contributed by atoms with Crippen LogP contribution in [0.25, 0.3) is 0 Å². The number of guanidine groups is 1. The van der Waals surface area contributed by atoms with Crippen LogP contribution in [0.5, 0.6) is 11.5 Å². The molecule has 0 bridgehead atoms. The van der Waals surface area contributed by atoms with E-state index in [9.17, 15) is 4.79 Å². The summed E-state index contributed by atoms with van der Waals surface area (Å²) in [5.74, 6) is 2.75. The lowest BCUT2D eigenvalue weighted by molar-refractivity contribution is -0.131. The van der Waals surface area contributed by atoms with Gasteiger partial charge in [-0.2, -0.15) is 0 Å². The van der Waals surface area contributed by atoms with Crippen LogP contribution in [0.1, 0.15) is 26.7 Å². The van der Waals surface area contributed by atoms with Gasteiger partial charge in [0.15, 0.2) is 5.96 Å². The zero-order chi connectivity index (χ0) is 22.1. The van der Waals surface area contributed by atoms with Gasteiger partial charge >= 0.3 is 0 Å². The van der Waals surface area contributed by atoms with Gasteiger partial charge in [0.25, 0.3) is 0 Å². The Morgan fingerprint density at radius 3 is 2.48 bits per heavy atom. The van der Waals surface area contributed by atoms with Gasteiger partial charge in [-0.3, -0.25) is 9.69 Å². The van der Waals surface area contributed by atoms with Crippen molar-refractivity contribution in [3.8, 4) is 11.5 Å². The Hall–Kier alpha value is -2.48. The summed E-state index contributed by atoms with van der Waals surface area (Å²) in [5.41, 5.74) is 0. The Morgan fingerprint density at radius 1 is 1.10 bits per heavy atom. The first-order valence-electron chi connectivity index (χ1n) is 11.4. The number of amides is 1. The van der Waals surface area contributed by atoms with Crippen molar-refractivity contribution in [2.24, 2.45) is 4.99 Å². The van der Waals surface area contributed by atoms with Crippen molar-refractivity contribution in [3.63, 3.8) is 0 Å². The summed E-state index contributed by atoms with van der Waals surface area (Å²) >= 11 is 0. The first kappa shape index (κ1) is 23.2. The maximum absolute atomic E-state index is 12.4. The van der Waals surface area contributed by atoms with Crippen molar-refractivity contribution in [1.82, 2.24) is 20.0 Å². The minimum Gasteiger partial charge on any atom is -0.497 e. The van der Waals surface area contributed by atoms with Gasteiger partial charge in [-0.05, 0) is 38.8 Å². The topological polar surface area (TPSA) is 69.6 Å². The van der Waals surface area contributed by atoms with Crippen LogP contribution in [0.4, 0.5) is 0 Å². The molecule has 2 heterocycles. The SMILES string of the molecule is CCNC(=NCC(C)Oc1cccc(OC)c1)N1CCN(CC(=O)N2CCCC2)CC1. The average Bonchev–Trinajstić information content (AvgIpc) is 3.32. The van der Waals surface area contributed by atoms with Gasteiger partial charge in [0, 0.05) is 51.9 Å². The summed E-state index contributed by atoms with van der Waals surface area (Å²) in [7, 11) is 1.65. The Labute approximate surface area is 186 Å². The number of carbonyl (C=O) groups excluding carboxylic acids is 1. The smallest absolute Gasteiger partial charge is 0.236 e. The molecule has 0 radical (unpaired) electrons. The lowest BCUT2D eigenvalue weighted by Crippen LogP contribution is -2.54. The highest BCUT2D eigenvalue weighted by atomic mass is 16.5. The number of nitrogens with one attached hydrogen (secondary N) is 1. The third-order valence-electron chi connectivity index (χ3n) is 5.70. The van der Waals surface area contributed by atoms with E-state index < -0.39 is 0 Å². The fraction of sp³-hybridized carbons (Fsp3) is 0.652. The molecule has 2 fully saturated rings. The molecule has 2 aliphatic rings. The van der Waals surface area contributed by atoms with E-state index in [0.29, 0.717) is 13.1 Å². The maximum Gasteiger partial charge on any atom is 0.236 e. The van der Waals surface area contributed by atoms with E-state index in [4.69, 9.17) is 14.5 Å². The Morgan fingerprint density at radius 2 is 1.81 bits per heavy atom. The van der Waals surface area contributed by atoms with Gasteiger partial charge in [-0.1, -0.05) is 6.07 Å². The second-order valence-electron chi connectivity index (χ2n) is 8.15. The first-order valence-corrected chi connectivity index (χ1v) is 11.4. The largest absolute Gasteiger partial charge is 0.497 e. The molecule has 31 heavy (non-hydrogen) atoms. The van der Waals surface area contributed by atoms with Gasteiger partial charge < -0.3 is 24.6 Å². The van der Waals surface area contributed by atoms with E-state index in [1.54, 1.807) is 7.11 Å². The first-order chi connectivity index (χ1) is 15.1. The summed E-state index contributed by atoms with van der Waals surface area (Å²) in [6, 6.07) is 7.63. The fourth-order valence-corrected chi connectivity index (χ4v) is 3.96. The molecule has 1 unspecified atom stereocenters. The van der Waals surface area contributed by atoms with Crippen LogP contribution >= 0.6 is 0 Å². The van der Waals surface area contributed by atoms with Gasteiger partial charge in [0.2, 0.25) is 5.91 Å². The molecule has 1 atom stereocenters. The molecule has 0 aliphatic carbocycles. The molecule has 0 saturated carbocycles. The number of aliphatic imine (C=N–C) groups is 1. The normalized spacial score (nSPS) is 18.7. The zero-order valence-corrected chi connectivity index (χ0v) is 19.2. The third kappa shape index (κ3) is 7.02. The van der Waals surface area contributed by atoms with E-state index in [-0.39, 0.29) is 12.0 Å². The lowest BCUT2D eigenvalue weighted by atomic mass is 10.3. The highest BCUT2D eigenvalue weighted by Gasteiger charge is 2.24. The van der Waals surface area contributed by atoms with E-state index in [2.05, 4.69) is 22.0 Å². The van der Waals surface area contributed by atoms with Crippen molar-refractivity contribution in [1.29, 1.82) is 0 Å². The van der Waals surface area contributed by atoms with E-state index >= 15 is 0 Å². The molecule has 0 spiro atoms. The predicted molar refractivity (Wildman–Crippen MR) is 123 cm³/mol. The van der Waals surface area contributed by atoms with Gasteiger partial charge in [-0.15, -0.1) is 0 Å². The summed E-state index contributed by atoms with van der Waals surface area (Å²) in [6.07, 6.45) is 2.23.